The fraction of sp³-hybridized carbons (Fsp3) is 0.909. The third-order valence-electron chi connectivity index (χ3n) is 2.19. The molecular formula is C11H25NO2. The standard InChI is InChI=1S/C6H10O2.C4H10.CH5N/c7-6(8)4-5-2-1-3-5;1-3-4-2;1-2/h5H,1-4H2,(H,7,8);3-4H2,1-2H3;2H2,1H3. The van der Waals surface area contributed by atoms with Crippen molar-refractivity contribution in [3.05, 3.63) is 0 Å². The highest BCUT2D eigenvalue weighted by atomic mass is 16.4. The van der Waals surface area contributed by atoms with E-state index in [0.717, 1.165) is 12.8 Å². The van der Waals surface area contributed by atoms with Crippen LogP contribution >= 0.6 is 0 Å². The van der Waals surface area contributed by atoms with E-state index in [1.165, 1.54) is 26.3 Å². The van der Waals surface area contributed by atoms with Crippen LogP contribution in [-0.2, 0) is 4.79 Å². The minimum absolute atomic E-state index is 0.389. The molecule has 0 saturated heterocycles. The average molecular weight is 203 g/mol. The zero-order valence-corrected chi connectivity index (χ0v) is 9.75. The second-order valence-corrected chi connectivity index (χ2v) is 3.39. The molecule has 0 bridgehead atoms. The summed E-state index contributed by atoms with van der Waals surface area (Å²) in [6.07, 6.45) is 6.52. The zero-order chi connectivity index (χ0) is 11.4. The van der Waals surface area contributed by atoms with Crippen molar-refractivity contribution in [2.45, 2.75) is 52.4 Å². The van der Waals surface area contributed by atoms with Gasteiger partial charge in [0.05, 0.1) is 0 Å². The Morgan fingerprint density at radius 1 is 1.29 bits per heavy atom. The minimum Gasteiger partial charge on any atom is -0.481 e. The summed E-state index contributed by atoms with van der Waals surface area (Å²) in [4.78, 5) is 10.0. The number of carboxylic acid groups (broad SMARTS) is 1. The molecule has 3 heteroatoms. The van der Waals surface area contributed by atoms with Crippen molar-refractivity contribution in [2.24, 2.45) is 11.7 Å². The molecule has 0 aliphatic heterocycles. The number of hydrogen-bond acceptors (Lipinski definition) is 2. The molecule has 3 N–H and O–H groups in total. The van der Waals surface area contributed by atoms with Crippen LogP contribution < -0.4 is 5.73 Å². The molecule has 0 heterocycles. The van der Waals surface area contributed by atoms with Gasteiger partial charge in [-0.3, -0.25) is 4.79 Å². The smallest absolute Gasteiger partial charge is 0.303 e. The Labute approximate surface area is 87.7 Å². The van der Waals surface area contributed by atoms with Crippen LogP contribution in [-0.4, -0.2) is 18.1 Å². The van der Waals surface area contributed by atoms with E-state index in [2.05, 4.69) is 19.6 Å². The van der Waals surface area contributed by atoms with Gasteiger partial charge in [-0.25, -0.2) is 0 Å². The van der Waals surface area contributed by atoms with Crippen LogP contribution in [0.25, 0.3) is 0 Å². The summed E-state index contributed by atoms with van der Waals surface area (Å²) < 4.78 is 0. The highest BCUT2D eigenvalue weighted by Gasteiger charge is 2.19. The number of nitrogens with two attached hydrogens (primary N) is 1. The van der Waals surface area contributed by atoms with Crippen molar-refractivity contribution >= 4 is 5.97 Å². The topological polar surface area (TPSA) is 63.3 Å². The summed E-state index contributed by atoms with van der Waals surface area (Å²) >= 11 is 0. The van der Waals surface area contributed by atoms with Gasteiger partial charge in [0, 0.05) is 6.42 Å². The maximum atomic E-state index is 10.0. The van der Waals surface area contributed by atoms with Gasteiger partial charge in [-0.1, -0.05) is 33.1 Å². The van der Waals surface area contributed by atoms with Crippen molar-refractivity contribution in [2.75, 3.05) is 7.05 Å². The third-order valence-corrected chi connectivity index (χ3v) is 2.19. The molecule has 0 amide bonds. The van der Waals surface area contributed by atoms with E-state index in [4.69, 9.17) is 5.11 Å². The summed E-state index contributed by atoms with van der Waals surface area (Å²) in [5, 5.41) is 8.25. The molecule has 3 nitrogen and oxygen atoms in total. The summed E-state index contributed by atoms with van der Waals surface area (Å²) in [7, 11) is 1.50. The molecule has 0 spiro atoms. The van der Waals surface area contributed by atoms with Crippen LogP contribution in [0.5, 0.6) is 0 Å². The summed E-state index contributed by atoms with van der Waals surface area (Å²) in [6, 6.07) is 0. The van der Waals surface area contributed by atoms with Crippen LogP contribution in [0.3, 0.4) is 0 Å². The molecule has 0 aromatic heterocycles. The predicted octanol–water partition coefficient (Wildman–Crippen LogP) is 2.64. The maximum Gasteiger partial charge on any atom is 0.303 e. The van der Waals surface area contributed by atoms with Gasteiger partial charge >= 0.3 is 5.97 Å². The number of rotatable bonds is 3. The predicted molar refractivity (Wildman–Crippen MR) is 60.3 cm³/mol. The molecule has 86 valence electrons. The molecule has 0 atom stereocenters. The van der Waals surface area contributed by atoms with E-state index in [1.54, 1.807) is 0 Å². The van der Waals surface area contributed by atoms with Gasteiger partial charge < -0.3 is 10.8 Å². The van der Waals surface area contributed by atoms with Crippen LogP contribution in [0.15, 0.2) is 0 Å². The van der Waals surface area contributed by atoms with Crippen molar-refractivity contribution < 1.29 is 9.90 Å². The monoisotopic (exact) mass is 203 g/mol. The van der Waals surface area contributed by atoms with E-state index in [0.29, 0.717) is 12.3 Å². The first-order valence-corrected chi connectivity index (χ1v) is 5.50. The molecular weight excluding hydrogens is 178 g/mol. The van der Waals surface area contributed by atoms with Gasteiger partial charge in [-0.15, -0.1) is 0 Å². The second-order valence-electron chi connectivity index (χ2n) is 3.39. The number of aliphatic carboxylic acids is 1. The maximum absolute atomic E-state index is 10.0. The molecule has 1 aliphatic rings. The number of unbranched alkanes of at least 4 members (excludes halogenated alkanes) is 1. The average Bonchev–Trinajstić information content (AvgIpc) is 2.15. The lowest BCUT2D eigenvalue weighted by Gasteiger charge is -2.22. The van der Waals surface area contributed by atoms with Crippen LogP contribution in [0.2, 0.25) is 0 Å². The van der Waals surface area contributed by atoms with E-state index in [9.17, 15) is 4.79 Å². The Kier molecular flexibility index (Phi) is 14.1. The molecule has 0 aromatic carbocycles. The summed E-state index contributed by atoms with van der Waals surface area (Å²) in [5.41, 5.74) is 4.50. The quantitative estimate of drug-likeness (QED) is 0.741. The van der Waals surface area contributed by atoms with E-state index >= 15 is 0 Å². The highest BCUT2D eigenvalue weighted by Crippen LogP contribution is 2.28. The van der Waals surface area contributed by atoms with Crippen molar-refractivity contribution in [3.63, 3.8) is 0 Å². The Balaban J connectivity index is 0. The molecule has 0 unspecified atom stereocenters. The molecule has 1 saturated carbocycles. The van der Waals surface area contributed by atoms with Gasteiger partial charge in [0.2, 0.25) is 0 Å². The SMILES string of the molecule is CCCC.CN.O=C(O)CC1CCC1. The Hall–Kier alpha value is -0.570. The van der Waals surface area contributed by atoms with Crippen LogP contribution in [0, 0.1) is 5.92 Å². The van der Waals surface area contributed by atoms with Crippen molar-refractivity contribution in [1.29, 1.82) is 0 Å². The Bertz CT molecular complexity index is 120. The second kappa shape index (κ2) is 12.4. The van der Waals surface area contributed by atoms with Crippen LogP contribution in [0.1, 0.15) is 52.4 Å². The third kappa shape index (κ3) is 11.4. The largest absolute Gasteiger partial charge is 0.481 e. The zero-order valence-electron chi connectivity index (χ0n) is 9.75. The van der Waals surface area contributed by atoms with Gasteiger partial charge in [0.25, 0.3) is 0 Å². The normalized spacial score (nSPS) is 14.0. The van der Waals surface area contributed by atoms with Gasteiger partial charge in [-0.05, 0) is 25.8 Å². The first kappa shape index (κ1) is 15.9. The van der Waals surface area contributed by atoms with Gasteiger partial charge in [-0.2, -0.15) is 0 Å². The van der Waals surface area contributed by atoms with E-state index in [1.807, 2.05) is 0 Å². The Morgan fingerprint density at radius 2 is 1.71 bits per heavy atom. The summed E-state index contributed by atoms with van der Waals surface area (Å²) in [6.45, 7) is 4.36. The number of carboxylic acids is 1. The molecule has 1 aliphatic carbocycles. The first-order chi connectivity index (χ1) is 6.70. The minimum atomic E-state index is -0.644. The molecule has 0 aromatic rings. The fourth-order valence-electron chi connectivity index (χ4n) is 0.944. The Morgan fingerprint density at radius 3 is 1.79 bits per heavy atom. The molecule has 1 fully saturated rings. The highest BCUT2D eigenvalue weighted by molar-refractivity contribution is 5.67. The van der Waals surface area contributed by atoms with Gasteiger partial charge in [0.1, 0.15) is 0 Å². The van der Waals surface area contributed by atoms with Crippen LogP contribution in [0.4, 0.5) is 0 Å². The molecule has 1 rings (SSSR count). The lowest BCUT2D eigenvalue weighted by Crippen LogP contribution is -2.14. The number of carbonyl (C=O) groups is 1. The van der Waals surface area contributed by atoms with E-state index in [-0.39, 0.29) is 0 Å². The fourth-order valence-corrected chi connectivity index (χ4v) is 0.944. The van der Waals surface area contributed by atoms with E-state index < -0.39 is 5.97 Å². The lowest BCUT2D eigenvalue weighted by molar-refractivity contribution is -0.138. The van der Waals surface area contributed by atoms with Crippen molar-refractivity contribution in [1.82, 2.24) is 0 Å². The van der Waals surface area contributed by atoms with Crippen molar-refractivity contribution in [3.8, 4) is 0 Å². The lowest BCUT2D eigenvalue weighted by atomic mass is 9.83. The molecule has 0 radical (unpaired) electrons. The summed E-state index contributed by atoms with van der Waals surface area (Å²) in [5.74, 6) is -0.137. The van der Waals surface area contributed by atoms with Gasteiger partial charge in [0.15, 0.2) is 0 Å². The molecule has 14 heavy (non-hydrogen) atoms. The first-order valence-electron chi connectivity index (χ1n) is 5.50. The number of hydrogen-bond donors (Lipinski definition) is 2.